The summed E-state index contributed by atoms with van der Waals surface area (Å²) in [6.07, 6.45) is 1.27. The molecule has 0 heterocycles. The molecule has 5 heteroatoms. The van der Waals surface area contributed by atoms with Gasteiger partial charge in [-0.05, 0) is 47.3 Å². The highest BCUT2D eigenvalue weighted by Crippen LogP contribution is 2.08. The van der Waals surface area contributed by atoms with Crippen molar-refractivity contribution in [3.05, 3.63) is 33.4 Å². The van der Waals surface area contributed by atoms with E-state index < -0.39 is 9.84 Å². The largest absolute Gasteiger partial charge is 0.301 e. The molecule has 0 atom stereocenters. The summed E-state index contributed by atoms with van der Waals surface area (Å²) in [5.74, 6) is 0.216. The van der Waals surface area contributed by atoms with Gasteiger partial charge in [0.1, 0.15) is 9.84 Å². The van der Waals surface area contributed by atoms with Crippen molar-refractivity contribution >= 4 is 32.4 Å². The Kier molecular flexibility index (Phi) is 5.20. The van der Waals surface area contributed by atoms with Gasteiger partial charge in [-0.2, -0.15) is 0 Å². The number of nitrogens with zero attached hydrogens (tertiary/aromatic N) is 1. The lowest BCUT2D eigenvalue weighted by molar-refractivity contribution is 0.346. The van der Waals surface area contributed by atoms with Crippen LogP contribution < -0.4 is 0 Å². The minimum Gasteiger partial charge on any atom is -0.301 e. The molecule has 0 fully saturated rings. The molecule has 0 bridgehead atoms. The number of hydrogen-bond donors (Lipinski definition) is 0. The maximum atomic E-state index is 11.0. The van der Waals surface area contributed by atoms with E-state index in [0.29, 0.717) is 6.54 Å². The van der Waals surface area contributed by atoms with Gasteiger partial charge in [-0.3, -0.25) is 0 Å². The number of hydrogen-bond acceptors (Lipinski definition) is 3. The van der Waals surface area contributed by atoms with Crippen LogP contribution in [0.2, 0.25) is 0 Å². The number of benzene rings is 1. The highest BCUT2D eigenvalue weighted by atomic mass is 127. The first-order valence-electron chi connectivity index (χ1n) is 4.97. The fourth-order valence-electron chi connectivity index (χ4n) is 1.30. The second-order valence-electron chi connectivity index (χ2n) is 3.99. The molecule has 0 aliphatic heterocycles. The van der Waals surface area contributed by atoms with Crippen LogP contribution >= 0.6 is 22.6 Å². The summed E-state index contributed by atoms with van der Waals surface area (Å²) in [5.41, 5.74) is 1.21. The molecule has 16 heavy (non-hydrogen) atoms. The third-order valence-electron chi connectivity index (χ3n) is 2.21. The van der Waals surface area contributed by atoms with Gasteiger partial charge in [0.05, 0.1) is 5.75 Å². The van der Waals surface area contributed by atoms with E-state index in [0.717, 1.165) is 6.54 Å². The molecular weight excluding hydrogens is 337 g/mol. The summed E-state index contributed by atoms with van der Waals surface area (Å²) in [6, 6.07) is 8.25. The summed E-state index contributed by atoms with van der Waals surface area (Å²) in [6.45, 7) is 1.36. The van der Waals surface area contributed by atoms with Gasteiger partial charge in [0, 0.05) is 22.9 Å². The van der Waals surface area contributed by atoms with Crippen LogP contribution in [0.25, 0.3) is 0 Å². The van der Waals surface area contributed by atoms with E-state index in [1.54, 1.807) is 0 Å². The van der Waals surface area contributed by atoms with Crippen molar-refractivity contribution in [3.63, 3.8) is 0 Å². The van der Waals surface area contributed by atoms with Crippen LogP contribution in [0.15, 0.2) is 24.3 Å². The fourth-order valence-corrected chi connectivity index (χ4v) is 2.31. The first-order valence-corrected chi connectivity index (χ1v) is 8.11. The molecule has 90 valence electrons. The van der Waals surface area contributed by atoms with Gasteiger partial charge in [0.2, 0.25) is 0 Å². The lowest BCUT2D eigenvalue weighted by Crippen LogP contribution is -2.24. The Bertz CT molecular complexity index is 428. The summed E-state index contributed by atoms with van der Waals surface area (Å²) < 4.78 is 23.2. The molecule has 0 unspecified atom stereocenters. The zero-order valence-corrected chi connectivity index (χ0v) is 12.5. The molecule has 1 rings (SSSR count). The molecule has 0 saturated heterocycles. The molecule has 0 aliphatic rings. The number of rotatable bonds is 5. The molecule has 0 spiro atoms. The molecule has 3 nitrogen and oxygen atoms in total. The van der Waals surface area contributed by atoms with E-state index in [4.69, 9.17) is 0 Å². The van der Waals surface area contributed by atoms with Crippen molar-refractivity contribution in [1.82, 2.24) is 4.90 Å². The summed E-state index contributed by atoms with van der Waals surface area (Å²) in [7, 11) is -0.927. The Balaban J connectivity index is 2.45. The predicted octanol–water partition coefficient (Wildman–Crippen LogP) is 1.77. The quantitative estimate of drug-likeness (QED) is 0.758. The van der Waals surface area contributed by atoms with Crippen molar-refractivity contribution in [2.75, 3.05) is 25.6 Å². The smallest absolute Gasteiger partial charge is 0.148 e. The van der Waals surface area contributed by atoms with Gasteiger partial charge >= 0.3 is 0 Å². The van der Waals surface area contributed by atoms with Crippen molar-refractivity contribution in [2.45, 2.75) is 6.54 Å². The molecular formula is C11H16INO2S. The molecule has 0 aliphatic carbocycles. The summed E-state index contributed by atoms with van der Waals surface area (Å²) >= 11 is 2.26. The zero-order valence-electron chi connectivity index (χ0n) is 9.48. The fraction of sp³-hybridized carbons (Fsp3) is 0.455. The highest BCUT2D eigenvalue weighted by Gasteiger charge is 2.05. The van der Waals surface area contributed by atoms with Gasteiger partial charge in [-0.15, -0.1) is 0 Å². The van der Waals surface area contributed by atoms with Crippen LogP contribution in [0.3, 0.4) is 0 Å². The van der Waals surface area contributed by atoms with Crippen LogP contribution in [0.1, 0.15) is 5.56 Å². The molecule has 1 aromatic carbocycles. The van der Waals surface area contributed by atoms with Crippen LogP contribution in [-0.4, -0.2) is 38.9 Å². The van der Waals surface area contributed by atoms with Crippen molar-refractivity contribution < 1.29 is 8.42 Å². The summed E-state index contributed by atoms with van der Waals surface area (Å²) in [4.78, 5) is 2.02. The Hall–Kier alpha value is -0.140. The molecule has 1 aromatic rings. The zero-order chi connectivity index (χ0) is 12.2. The van der Waals surface area contributed by atoms with Gasteiger partial charge in [0.15, 0.2) is 0 Å². The first kappa shape index (κ1) is 13.9. The third kappa shape index (κ3) is 5.81. The van der Waals surface area contributed by atoms with E-state index in [1.807, 2.05) is 11.9 Å². The van der Waals surface area contributed by atoms with E-state index in [9.17, 15) is 8.42 Å². The predicted molar refractivity (Wildman–Crippen MR) is 75.2 cm³/mol. The molecule has 0 amide bonds. The maximum absolute atomic E-state index is 11.0. The standard InChI is InChI=1S/C11H16INO2S/c1-13(7-8-16(2,14)15)9-10-3-5-11(12)6-4-10/h3-6H,7-9H2,1-2H3. The monoisotopic (exact) mass is 353 g/mol. The lowest BCUT2D eigenvalue weighted by atomic mass is 10.2. The average molecular weight is 353 g/mol. The third-order valence-corrected chi connectivity index (χ3v) is 3.85. The SMILES string of the molecule is CN(CCS(C)(=O)=O)Cc1ccc(I)cc1. The van der Waals surface area contributed by atoms with Crippen LogP contribution in [0.4, 0.5) is 0 Å². The van der Waals surface area contributed by atoms with E-state index in [-0.39, 0.29) is 5.75 Å². The second kappa shape index (κ2) is 5.97. The molecule has 0 radical (unpaired) electrons. The van der Waals surface area contributed by atoms with Crippen molar-refractivity contribution in [1.29, 1.82) is 0 Å². The Labute approximate surface area is 111 Å². The topological polar surface area (TPSA) is 37.4 Å². The second-order valence-corrected chi connectivity index (χ2v) is 7.50. The highest BCUT2D eigenvalue weighted by molar-refractivity contribution is 14.1. The summed E-state index contributed by atoms with van der Waals surface area (Å²) in [5, 5.41) is 0. The van der Waals surface area contributed by atoms with Crippen LogP contribution in [0, 0.1) is 3.57 Å². The van der Waals surface area contributed by atoms with Gasteiger partial charge in [-0.1, -0.05) is 12.1 Å². The Morgan fingerprint density at radius 2 is 1.81 bits per heavy atom. The minimum atomic E-state index is -2.86. The average Bonchev–Trinajstić information content (AvgIpc) is 2.18. The number of sulfone groups is 1. The minimum absolute atomic E-state index is 0.216. The Morgan fingerprint density at radius 1 is 1.25 bits per heavy atom. The first-order chi connectivity index (χ1) is 7.37. The van der Waals surface area contributed by atoms with E-state index in [1.165, 1.54) is 15.4 Å². The maximum Gasteiger partial charge on any atom is 0.148 e. The van der Waals surface area contributed by atoms with Gasteiger partial charge in [0.25, 0.3) is 0 Å². The van der Waals surface area contributed by atoms with Gasteiger partial charge in [-0.25, -0.2) is 8.42 Å². The Morgan fingerprint density at radius 3 is 2.31 bits per heavy atom. The lowest BCUT2D eigenvalue weighted by Gasteiger charge is -2.15. The molecule has 0 saturated carbocycles. The van der Waals surface area contributed by atoms with Crippen molar-refractivity contribution in [3.8, 4) is 0 Å². The molecule has 0 aromatic heterocycles. The normalized spacial score (nSPS) is 12.0. The van der Waals surface area contributed by atoms with Crippen LogP contribution in [-0.2, 0) is 16.4 Å². The van der Waals surface area contributed by atoms with E-state index >= 15 is 0 Å². The number of halogens is 1. The van der Waals surface area contributed by atoms with Gasteiger partial charge < -0.3 is 4.90 Å². The van der Waals surface area contributed by atoms with Crippen molar-refractivity contribution in [2.24, 2.45) is 0 Å². The van der Waals surface area contributed by atoms with E-state index in [2.05, 4.69) is 46.9 Å². The van der Waals surface area contributed by atoms with Crippen LogP contribution in [0.5, 0.6) is 0 Å². The molecule has 0 N–H and O–H groups in total.